The highest BCUT2D eigenvalue weighted by molar-refractivity contribution is 5.81. The molecular formula is C31H43F3N6O4. The minimum Gasteiger partial charge on any atom is -0.444 e. The van der Waals surface area contributed by atoms with Crippen LogP contribution < -0.4 is 10.6 Å². The zero-order chi connectivity index (χ0) is 32.5. The number of urea groups is 1. The van der Waals surface area contributed by atoms with Gasteiger partial charge in [0, 0.05) is 51.7 Å². The van der Waals surface area contributed by atoms with Gasteiger partial charge in [0.15, 0.2) is 0 Å². The molecule has 1 aromatic heterocycles. The molecule has 1 aliphatic heterocycles. The van der Waals surface area contributed by atoms with Crippen molar-refractivity contribution >= 4 is 23.7 Å². The second-order valence-corrected chi connectivity index (χ2v) is 11.8. The van der Waals surface area contributed by atoms with E-state index in [4.69, 9.17) is 4.74 Å². The number of halogens is 3. The number of anilines is 1. The van der Waals surface area contributed by atoms with E-state index >= 15 is 0 Å². The number of hydrogen-bond acceptors (Lipinski definition) is 6. The molecule has 242 valence electrons. The van der Waals surface area contributed by atoms with Gasteiger partial charge in [-0.05, 0) is 62.9 Å². The Balaban J connectivity index is 1.73. The van der Waals surface area contributed by atoms with Gasteiger partial charge in [0.25, 0.3) is 0 Å². The predicted molar refractivity (Wildman–Crippen MR) is 161 cm³/mol. The molecule has 2 aromatic rings. The third-order valence-electron chi connectivity index (χ3n) is 7.09. The zero-order valence-corrected chi connectivity index (χ0v) is 26.1. The molecule has 0 bridgehead atoms. The Morgan fingerprint density at radius 3 is 2.52 bits per heavy atom. The van der Waals surface area contributed by atoms with E-state index in [9.17, 15) is 27.6 Å². The summed E-state index contributed by atoms with van der Waals surface area (Å²) in [7, 11) is 1.50. The quantitative estimate of drug-likeness (QED) is 0.332. The van der Waals surface area contributed by atoms with E-state index < -0.39 is 35.9 Å². The summed E-state index contributed by atoms with van der Waals surface area (Å²) in [5.74, 6) is -0.466. The minimum atomic E-state index is -4.65. The highest BCUT2D eigenvalue weighted by Crippen LogP contribution is 2.31. The van der Waals surface area contributed by atoms with Gasteiger partial charge in [-0.15, -0.1) is 0 Å². The number of likely N-dealkylation sites (N-methyl/N-ethyl adjacent to an activating group) is 1. The van der Waals surface area contributed by atoms with Crippen molar-refractivity contribution in [1.29, 1.82) is 0 Å². The molecule has 0 aliphatic carbocycles. The SMILES string of the molecule is CCCCNC(=O)N1CCc2c(cccc2NCC(=O)N(CCN(C)C(=O)OC(C)(C)C)Cc2ncccc2C(F)(F)F)C1. The number of rotatable bonds is 11. The molecule has 0 saturated heterocycles. The second kappa shape index (κ2) is 15.1. The summed E-state index contributed by atoms with van der Waals surface area (Å²) in [5, 5.41) is 6.09. The first kappa shape index (κ1) is 34.5. The van der Waals surface area contributed by atoms with E-state index in [0.717, 1.165) is 35.7 Å². The molecule has 0 fully saturated rings. The first-order valence-corrected chi connectivity index (χ1v) is 14.8. The fourth-order valence-corrected chi connectivity index (χ4v) is 4.71. The summed E-state index contributed by atoms with van der Waals surface area (Å²) < 4.78 is 46.5. The predicted octanol–water partition coefficient (Wildman–Crippen LogP) is 5.28. The standard InChI is InChI=1S/C31H43F3N6O4/c1-6-7-14-36-28(42)40-16-13-23-22(20-40)10-8-12-25(23)37-19-27(41)39(18-17-38(5)29(43)44-30(2,3)4)21-26-24(31(32,33)34)11-9-15-35-26/h8-12,15,37H,6-7,13-14,16-21H2,1-5H3,(H,36,42). The lowest BCUT2D eigenvalue weighted by atomic mass is 9.98. The number of carbonyl (C=O) groups excluding carboxylic acids is 3. The van der Waals surface area contributed by atoms with E-state index in [1.165, 1.54) is 29.1 Å². The van der Waals surface area contributed by atoms with Crippen LogP contribution in [0.4, 0.5) is 28.4 Å². The van der Waals surface area contributed by atoms with Gasteiger partial charge in [0.05, 0.1) is 24.3 Å². The van der Waals surface area contributed by atoms with Crippen LogP contribution in [0.25, 0.3) is 0 Å². The number of amides is 4. The molecule has 44 heavy (non-hydrogen) atoms. The Labute approximate surface area is 256 Å². The number of unbranched alkanes of at least 4 members (excludes halogenated alkanes) is 1. The Kier molecular flexibility index (Phi) is 11.8. The van der Waals surface area contributed by atoms with Crippen LogP contribution in [-0.2, 0) is 35.2 Å². The molecule has 0 unspecified atom stereocenters. The normalized spacial score (nSPS) is 13.1. The largest absolute Gasteiger partial charge is 0.444 e. The van der Waals surface area contributed by atoms with E-state index in [2.05, 4.69) is 22.5 Å². The minimum absolute atomic E-state index is 0.0335. The molecule has 0 atom stereocenters. The van der Waals surface area contributed by atoms with Gasteiger partial charge in [-0.25, -0.2) is 9.59 Å². The smallest absolute Gasteiger partial charge is 0.418 e. The third-order valence-corrected chi connectivity index (χ3v) is 7.09. The van der Waals surface area contributed by atoms with E-state index in [-0.39, 0.29) is 31.4 Å². The van der Waals surface area contributed by atoms with Crippen LogP contribution in [0.1, 0.15) is 62.9 Å². The van der Waals surface area contributed by atoms with Gasteiger partial charge < -0.3 is 30.1 Å². The maximum absolute atomic E-state index is 13.7. The molecule has 4 amide bonds. The number of hydrogen-bond donors (Lipinski definition) is 2. The maximum Gasteiger partial charge on any atom is 0.418 e. The van der Waals surface area contributed by atoms with Gasteiger partial charge in [0.2, 0.25) is 5.91 Å². The van der Waals surface area contributed by atoms with Crippen LogP contribution >= 0.6 is 0 Å². The van der Waals surface area contributed by atoms with Gasteiger partial charge in [-0.1, -0.05) is 25.5 Å². The first-order valence-electron chi connectivity index (χ1n) is 14.8. The summed E-state index contributed by atoms with van der Waals surface area (Å²) in [4.78, 5) is 46.7. The lowest BCUT2D eigenvalue weighted by molar-refractivity contribution is -0.140. The van der Waals surface area contributed by atoms with Crippen molar-refractivity contribution in [2.75, 3.05) is 45.1 Å². The lowest BCUT2D eigenvalue weighted by Crippen LogP contribution is -2.43. The van der Waals surface area contributed by atoms with Gasteiger partial charge in [-0.2, -0.15) is 13.2 Å². The summed E-state index contributed by atoms with van der Waals surface area (Å²) >= 11 is 0. The molecule has 0 spiro atoms. The van der Waals surface area contributed by atoms with Gasteiger partial charge in [0.1, 0.15) is 5.60 Å². The fourth-order valence-electron chi connectivity index (χ4n) is 4.71. The highest BCUT2D eigenvalue weighted by Gasteiger charge is 2.35. The molecule has 0 saturated carbocycles. The molecule has 13 heteroatoms. The number of pyridine rings is 1. The Morgan fingerprint density at radius 2 is 1.84 bits per heavy atom. The average Bonchev–Trinajstić information content (AvgIpc) is 2.96. The topological polar surface area (TPSA) is 107 Å². The van der Waals surface area contributed by atoms with Crippen LogP contribution in [0.15, 0.2) is 36.5 Å². The number of carbonyl (C=O) groups is 3. The van der Waals surface area contributed by atoms with Gasteiger partial charge >= 0.3 is 18.3 Å². The average molecular weight is 621 g/mol. The van der Waals surface area contributed by atoms with Crippen molar-refractivity contribution in [2.45, 2.75) is 71.8 Å². The first-order chi connectivity index (χ1) is 20.7. The molecule has 2 heterocycles. The molecule has 1 aromatic carbocycles. The summed E-state index contributed by atoms with van der Waals surface area (Å²) in [6.07, 6.45) is -1.53. The van der Waals surface area contributed by atoms with Crippen molar-refractivity contribution in [3.8, 4) is 0 Å². The van der Waals surface area contributed by atoms with Crippen LogP contribution in [-0.4, -0.2) is 83.1 Å². The van der Waals surface area contributed by atoms with Gasteiger partial charge in [-0.3, -0.25) is 9.78 Å². The van der Waals surface area contributed by atoms with Crippen LogP contribution in [0.3, 0.4) is 0 Å². The molecule has 0 radical (unpaired) electrons. The molecule has 1 aliphatic rings. The van der Waals surface area contributed by atoms with Crippen LogP contribution in [0, 0.1) is 0 Å². The number of nitrogens with one attached hydrogen (secondary N) is 2. The van der Waals surface area contributed by atoms with Crippen molar-refractivity contribution in [2.24, 2.45) is 0 Å². The molecule has 2 N–H and O–H groups in total. The summed E-state index contributed by atoms with van der Waals surface area (Å²) in [5.41, 5.74) is 0.720. The number of nitrogens with zero attached hydrogens (tertiary/aromatic N) is 4. The number of alkyl halides is 3. The van der Waals surface area contributed by atoms with Crippen molar-refractivity contribution < 1.29 is 32.3 Å². The third kappa shape index (κ3) is 10.0. The summed E-state index contributed by atoms with van der Waals surface area (Å²) in [6.45, 7) is 8.20. The molecule has 10 nitrogen and oxygen atoms in total. The van der Waals surface area contributed by atoms with E-state index in [1.54, 1.807) is 25.7 Å². The fraction of sp³-hybridized carbons (Fsp3) is 0.548. The molecular weight excluding hydrogens is 577 g/mol. The van der Waals surface area contributed by atoms with Crippen molar-refractivity contribution in [3.63, 3.8) is 0 Å². The number of ether oxygens (including phenoxy) is 1. The zero-order valence-electron chi connectivity index (χ0n) is 26.1. The number of fused-ring (bicyclic) bond motifs is 1. The van der Waals surface area contributed by atoms with Crippen LogP contribution in [0.2, 0.25) is 0 Å². The van der Waals surface area contributed by atoms with Crippen LogP contribution in [0.5, 0.6) is 0 Å². The lowest BCUT2D eigenvalue weighted by Gasteiger charge is -2.31. The Hall–Kier alpha value is -4.03. The van der Waals surface area contributed by atoms with Crippen molar-refractivity contribution in [1.82, 2.24) is 25.0 Å². The van der Waals surface area contributed by atoms with E-state index in [0.29, 0.717) is 26.1 Å². The molecule has 3 rings (SSSR count). The number of aromatic nitrogens is 1. The van der Waals surface area contributed by atoms with Crippen molar-refractivity contribution in [3.05, 3.63) is 58.9 Å². The number of benzene rings is 1. The Bertz CT molecular complexity index is 1300. The maximum atomic E-state index is 13.7. The monoisotopic (exact) mass is 620 g/mol. The van der Waals surface area contributed by atoms with E-state index in [1.807, 2.05) is 18.2 Å². The highest BCUT2D eigenvalue weighted by atomic mass is 19.4. The second-order valence-electron chi connectivity index (χ2n) is 11.8. The Morgan fingerprint density at radius 1 is 1.09 bits per heavy atom. The summed E-state index contributed by atoms with van der Waals surface area (Å²) in [6, 6.07) is 7.62.